The highest BCUT2D eigenvalue weighted by Crippen LogP contribution is 2.28. The molecule has 2 aromatic carbocycles. The Morgan fingerprint density at radius 3 is 2.37 bits per heavy atom. The summed E-state index contributed by atoms with van der Waals surface area (Å²) in [5.41, 5.74) is 0.438. The maximum absolute atomic E-state index is 12.8. The molecule has 148 valence electrons. The number of para-hydroxylation sites is 1. The number of amides is 4. The van der Waals surface area contributed by atoms with Gasteiger partial charge in [-0.05, 0) is 36.4 Å². The molecule has 0 bridgehead atoms. The molecule has 1 aliphatic rings. The van der Waals surface area contributed by atoms with Crippen molar-refractivity contribution in [3.05, 3.63) is 83.6 Å². The van der Waals surface area contributed by atoms with Crippen molar-refractivity contribution in [3.8, 4) is 11.3 Å². The van der Waals surface area contributed by atoms with Crippen LogP contribution in [0.15, 0.2) is 76.7 Å². The van der Waals surface area contributed by atoms with Gasteiger partial charge in [-0.25, -0.2) is 14.5 Å². The second-order valence-electron chi connectivity index (χ2n) is 6.35. The molecular weight excluding hydrogens is 388 g/mol. The van der Waals surface area contributed by atoms with Gasteiger partial charge in [0.25, 0.3) is 11.8 Å². The van der Waals surface area contributed by atoms with Crippen LogP contribution >= 0.6 is 0 Å². The van der Waals surface area contributed by atoms with Crippen molar-refractivity contribution in [1.82, 2.24) is 5.32 Å². The van der Waals surface area contributed by atoms with Crippen LogP contribution in [0.25, 0.3) is 17.4 Å². The largest absolute Gasteiger partial charge is 0.478 e. The number of nitrogens with one attached hydrogen (secondary N) is 1. The van der Waals surface area contributed by atoms with Gasteiger partial charge in [0.2, 0.25) is 0 Å². The Labute approximate surface area is 170 Å². The third kappa shape index (κ3) is 3.37. The number of barbiturate groups is 1. The van der Waals surface area contributed by atoms with Gasteiger partial charge in [-0.1, -0.05) is 36.4 Å². The summed E-state index contributed by atoms with van der Waals surface area (Å²) in [7, 11) is 0. The molecule has 0 radical (unpaired) electrons. The Kier molecular flexibility index (Phi) is 4.73. The summed E-state index contributed by atoms with van der Waals surface area (Å²) in [5.74, 6) is -2.33. The highest BCUT2D eigenvalue weighted by molar-refractivity contribution is 6.39. The smallest absolute Gasteiger partial charge is 0.336 e. The lowest BCUT2D eigenvalue weighted by atomic mass is 10.1. The third-order valence-corrected chi connectivity index (χ3v) is 4.45. The summed E-state index contributed by atoms with van der Waals surface area (Å²) in [4.78, 5) is 49.5. The fourth-order valence-electron chi connectivity index (χ4n) is 3.07. The number of carbonyl (C=O) groups excluding carboxylic acids is 3. The lowest BCUT2D eigenvalue weighted by molar-refractivity contribution is -0.122. The van der Waals surface area contributed by atoms with Crippen LogP contribution in [-0.4, -0.2) is 28.9 Å². The summed E-state index contributed by atoms with van der Waals surface area (Å²) >= 11 is 0. The average Bonchev–Trinajstić information content (AvgIpc) is 3.20. The highest BCUT2D eigenvalue weighted by atomic mass is 16.4. The number of carbonyl (C=O) groups is 4. The first-order valence-corrected chi connectivity index (χ1v) is 8.85. The number of rotatable bonds is 4. The average molecular weight is 402 g/mol. The van der Waals surface area contributed by atoms with Crippen molar-refractivity contribution in [2.45, 2.75) is 0 Å². The maximum atomic E-state index is 12.8. The van der Waals surface area contributed by atoms with E-state index in [2.05, 4.69) is 5.32 Å². The summed E-state index contributed by atoms with van der Waals surface area (Å²) < 4.78 is 5.65. The topological polar surface area (TPSA) is 117 Å². The van der Waals surface area contributed by atoms with Crippen LogP contribution in [0.3, 0.4) is 0 Å². The van der Waals surface area contributed by atoms with E-state index in [1.807, 2.05) is 0 Å². The minimum atomic E-state index is -1.11. The Hall–Kier alpha value is -4.46. The predicted molar refractivity (Wildman–Crippen MR) is 107 cm³/mol. The van der Waals surface area contributed by atoms with E-state index in [1.165, 1.54) is 18.2 Å². The van der Waals surface area contributed by atoms with E-state index < -0.39 is 23.8 Å². The van der Waals surface area contributed by atoms with Crippen LogP contribution in [-0.2, 0) is 9.59 Å². The molecule has 2 N–H and O–H groups in total. The van der Waals surface area contributed by atoms with Gasteiger partial charge in [-0.15, -0.1) is 0 Å². The van der Waals surface area contributed by atoms with E-state index in [1.54, 1.807) is 54.6 Å². The molecule has 8 heteroatoms. The minimum absolute atomic E-state index is 0.0541. The number of hydrogen-bond donors (Lipinski definition) is 2. The molecule has 1 aliphatic heterocycles. The first-order valence-electron chi connectivity index (χ1n) is 8.85. The normalized spacial score (nSPS) is 15.4. The standard InChI is InChI=1S/C22H14N2O6/c25-19-17(20(26)24(22(29)23-19)13-6-2-1-3-7-13)12-14-10-11-18(30-14)15-8-4-5-9-16(15)21(27)28/h1-12H,(H,27,28)(H,23,25,29)/b17-12-. The molecule has 4 amide bonds. The lowest BCUT2D eigenvalue weighted by Gasteiger charge is -2.26. The van der Waals surface area contributed by atoms with Crippen LogP contribution in [0.4, 0.5) is 10.5 Å². The summed E-state index contributed by atoms with van der Waals surface area (Å²) in [6, 6.07) is 16.7. The maximum Gasteiger partial charge on any atom is 0.336 e. The van der Waals surface area contributed by atoms with Gasteiger partial charge in [0.15, 0.2) is 0 Å². The molecule has 8 nitrogen and oxygen atoms in total. The van der Waals surface area contributed by atoms with Gasteiger partial charge in [-0.3, -0.25) is 14.9 Å². The minimum Gasteiger partial charge on any atom is -0.478 e. The van der Waals surface area contributed by atoms with Crippen LogP contribution < -0.4 is 10.2 Å². The monoisotopic (exact) mass is 402 g/mol. The van der Waals surface area contributed by atoms with Crippen molar-refractivity contribution in [2.24, 2.45) is 0 Å². The fourth-order valence-corrected chi connectivity index (χ4v) is 3.07. The molecule has 1 saturated heterocycles. The van der Waals surface area contributed by atoms with Gasteiger partial charge in [0.05, 0.1) is 11.3 Å². The number of urea groups is 1. The van der Waals surface area contributed by atoms with Crippen LogP contribution in [0.1, 0.15) is 16.1 Å². The molecule has 4 rings (SSSR count). The van der Waals surface area contributed by atoms with Gasteiger partial charge in [-0.2, -0.15) is 0 Å². The molecule has 2 heterocycles. The zero-order chi connectivity index (χ0) is 21.3. The number of anilines is 1. The van der Waals surface area contributed by atoms with Gasteiger partial charge < -0.3 is 9.52 Å². The molecule has 0 aliphatic carbocycles. The molecule has 0 spiro atoms. The highest BCUT2D eigenvalue weighted by Gasteiger charge is 2.37. The number of furan rings is 1. The van der Waals surface area contributed by atoms with E-state index in [0.29, 0.717) is 11.3 Å². The summed E-state index contributed by atoms with van der Waals surface area (Å²) in [5, 5.41) is 11.5. The number of carboxylic acid groups (broad SMARTS) is 1. The SMILES string of the molecule is O=C1NC(=O)N(c2ccccc2)C(=O)/C1=C\c1ccc(-c2ccccc2C(=O)O)o1. The zero-order valence-corrected chi connectivity index (χ0v) is 15.4. The number of aromatic carboxylic acids is 1. The van der Waals surface area contributed by atoms with Gasteiger partial charge >= 0.3 is 12.0 Å². The van der Waals surface area contributed by atoms with Crippen molar-refractivity contribution in [3.63, 3.8) is 0 Å². The summed E-state index contributed by atoms with van der Waals surface area (Å²) in [6.45, 7) is 0. The van der Waals surface area contributed by atoms with E-state index in [-0.39, 0.29) is 22.7 Å². The van der Waals surface area contributed by atoms with Crippen LogP contribution in [0.2, 0.25) is 0 Å². The Morgan fingerprint density at radius 1 is 0.933 bits per heavy atom. The second kappa shape index (κ2) is 7.51. The molecule has 1 fully saturated rings. The van der Waals surface area contributed by atoms with E-state index in [9.17, 15) is 24.3 Å². The Morgan fingerprint density at radius 2 is 1.63 bits per heavy atom. The molecule has 3 aromatic rings. The fraction of sp³-hybridized carbons (Fsp3) is 0. The van der Waals surface area contributed by atoms with Crippen molar-refractivity contribution >= 4 is 35.6 Å². The molecule has 0 atom stereocenters. The van der Waals surface area contributed by atoms with Crippen molar-refractivity contribution < 1.29 is 28.7 Å². The van der Waals surface area contributed by atoms with E-state index >= 15 is 0 Å². The quantitative estimate of drug-likeness (QED) is 0.511. The molecule has 1 aromatic heterocycles. The number of imide groups is 2. The third-order valence-electron chi connectivity index (χ3n) is 4.45. The van der Waals surface area contributed by atoms with Gasteiger partial charge in [0.1, 0.15) is 17.1 Å². The second-order valence-corrected chi connectivity index (χ2v) is 6.35. The lowest BCUT2D eigenvalue weighted by Crippen LogP contribution is -2.54. The molecule has 30 heavy (non-hydrogen) atoms. The number of benzene rings is 2. The Bertz CT molecular complexity index is 1210. The number of nitrogens with zero attached hydrogens (tertiary/aromatic N) is 1. The summed E-state index contributed by atoms with van der Waals surface area (Å²) in [6.07, 6.45) is 1.22. The van der Waals surface area contributed by atoms with Crippen LogP contribution in [0, 0.1) is 0 Å². The van der Waals surface area contributed by atoms with Crippen molar-refractivity contribution in [2.75, 3.05) is 4.90 Å². The first-order chi connectivity index (χ1) is 14.5. The molecular formula is C22H14N2O6. The van der Waals surface area contributed by atoms with E-state index in [0.717, 1.165) is 4.90 Å². The Balaban J connectivity index is 1.70. The van der Waals surface area contributed by atoms with Crippen LogP contribution in [0.5, 0.6) is 0 Å². The zero-order valence-electron chi connectivity index (χ0n) is 15.4. The van der Waals surface area contributed by atoms with Crippen molar-refractivity contribution in [1.29, 1.82) is 0 Å². The molecule has 0 saturated carbocycles. The van der Waals surface area contributed by atoms with E-state index in [4.69, 9.17) is 4.42 Å². The number of hydrogen-bond acceptors (Lipinski definition) is 5. The number of carboxylic acids is 1. The molecule has 0 unspecified atom stereocenters. The first kappa shape index (κ1) is 18.9. The van der Waals surface area contributed by atoms with Gasteiger partial charge in [0, 0.05) is 5.56 Å². The predicted octanol–water partition coefficient (Wildman–Crippen LogP) is 3.31.